The molecule has 1 atom stereocenters. The van der Waals surface area contributed by atoms with Crippen molar-refractivity contribution < 1.29 is 9.53 Å². The number of aromatic amines is 1. The molecular weight excluding hydrogens is 224 g/mol. The number of H-pyrrole nitrogens is 1. The molecule has 1 amide bonds. The Morgan fingerprint density at radius 2 is 2.59 bits per heavy atom. The highest BCUT2D eigenvalue weighted by Crippen LogP contribution is 2.15. The number of morpholine rings is 1. The highest BCUT2D eigenvalue weighted by atomic mass is 16.5. The SMILES string of the molecule is CCNC(=O)C1COCCN1c1n[nH]c(N)n1. The maximum absolute atomic E-state index is 11.9. The van der Waals surface area contributed by atoms with Crippen molar-refractivity contribution in [2.45, 2.75) is 13.0 Å². The van der Waals surface area contributed by atoms with Crippen LogP contribution < -0.4 is 16.0 Å². The maximum Gasteiger partial charge on any atom is 0.247 e. The molecule has 0 radical (unpaired) electrons. The number of hydrogen-bond donors (Lipinski definition) is 3. The van der Waals surface area contributed by atoms with Gasteiger partial charge in [0.25, 0.3) is 0 Å². The topological polar surface area (TPSA) is 109 Å². The summed E-state index contributed by atoms with van der Waals surface area (Å²) in [5.74, 6) is 0.582. The highest BCUT2D eigenvalue weighted by Gasteiger charge is 2.31. The second-order valence-corrected chi connectivity index (χ2v) is 3.70. The number of likely N-dealkylation sites (N-methyl/N-ethyl adjacent to an activating group) is 1. The lowest BCUT2D eigenvalue weighted by Crippen LogP contribution is -2.54. The largest absolute Gasteiger partial charge is 0.377 e. The van der Waals surface area contributed by atoms with Crippen LogP contribution in [-0.4, -0.2) is 53.4 Å². The summed E-state index contributed by atoms with van der Waals surface area (Å²) < 4.78 is 5.31. The second-order valence-electron chi connectivity index (χ2n) is 3.70. The van der Waals surface area contributed by atoms with E-state index in [0.29, 0.717) is 32.3 Å². The minimum atomic E-state index is -0.404. The molecule has 8 heteroatoms. The molecule has 17 heavy (non-hydrogen) atoms. The van der Waals surface area contributed by atoms with E-state index >= 15 is 0 Å². The molecule has 0 aliphatic carbocycles. The van der Waals surface area contributed by atoms with Crippen LogP contribution in [0.25, 0.3) is 0 Å². The summed E-state index contributed by atoms with van der Waals surface area (Å²) in [6, 6.07) is -0.404. The van der Waals surface area contributed by atoms with Crippen molar-refractivity contribution >= 4 is 17.8 Å². The van der Waals surface area contributed by atoms with E-state index in [2.05, 4.69) is 20.5 Å². The standard InChI is InChI=1S/C9H16N6O2/c1-2-11-7(16)6-5-17-4-3-15(6)9-12-8(10)13-14-9/h6H,2-5H2,1H3,(H,11,16)(H3,10,12,13,14). The third kappa shape index (κ3) is 2.47. The Balaban J connectivity index is 2.14. The molecule has 1 aliphatic rings. The van der Waals surface area contributed by atoms with Crippen molar-refractivity contribution in [3.63, 3.8) is 0 Å². The van der Waals surface area contributed by atoms with Gasteiger partial charge in [0, 0.05) is 13.1 Å². The monoisotopic (exact) mass is 240 g/mol. The normalized spacial score (nSPS) is 20.3. The molecule has 1 saturated heterocycles. The van der Waals surface area contributed by atoms with Gasteiger partial charge in [-0.2, -0.15) is 4.98 Å². The zero-order chi connectivity index (χ0) is 12.3. The summed E-state index contributed by atoms with van der Waals surface area (Å²) in [6.45, 7) is 3.90. The van der Waals surface area contributed by atoms with E-state index in [0.717, 1.165) is 0 Å². The zero-order valence-electron chi connectivity index (χ0n) is 9.64. The van der Waals surface area contributed by atoms with E-state index in [4.69, 9.17) is 10.5 Å². The number of carbonyl (C=O) groups excluding carboxylic acids is 1. The van der Waals surface area contributed by atoms with Gasteiger partial charge in [-0.15, -0.1) is 5.10 Å². The number of rotatable bonds is 3. The Morgan fingerprint density at radius 1 is 1.76 bits per heavy atom. The summed E-state index contributed by atoms with van der Waals surface area (Å²) in [6.07, 6.45) is 0. The Labute approximate surface area is 98.5 Å². The Bertz CT molecular complexity index is 393. The summed E-state index contributed by atoms with van der Waals surface area (Å²) in [5, 5.41) is 9.29. The number of nitrogen functional groups attached to an aromatic ring is 1. The van der Waals surface area contributed by atoms with Gasteiger partial charge in [0.15, 0.2) is 0 Å². The fourth-order valence-electron chi connectivity index (χ4n) is 1.75. The Morgan fingerprint density at radius 3 is 3.24 bits per heavy atom. The summed E-state index contributed by atoms with van der Waals surface area (Å²) in [7, 11) is 0. The zero-order valence-corrected chi connectivity index (χ0v) is 9.64. The van der Waals surface area contributed by atoms with E-state index in [-0.39, 0.29) is 11.9 Å². The number of hydrogen-bond acceptors (Lipinski definition) is 6. The number of carbonyl (C=O) groups is 1. The van der Waals surface area contributed by atoms with Crippen LogP contribution in [0.2, 0.25) is 0 Å². The number of nitrogens with zero attached hydrogens (tertiary/aromatic N) is 3. The van der Waals surface area contributed by atoms with Gasteiger partial charge in [-0.05, 0) is 6.92 Å². The van der Waals surface area contributed by atoms with Gasteiger partial charge in [0.2, 0.25) is 17.8 Å². The molecule has 0 saturated carbocycles. The van der Waals surface area contributed by atoms with E-state index < -0.39 is 6.04 Å². The van der Waals surface area contributed by atoms with Gasteiger partial charge in [-0.25, -0.2) is 5.10 Å². The van der Waals surface area contributed by atoms with Gasteiger partial charge < -0.3 is 20.7 Å². The van der Waals surface area contributed by atoms with Gasteiger partial charge in [-0.3, -0.25) is 4.79 Å². The molecule has 2 rings (SSSR count). The summed E-state index contributed by atoms with van der Waals surface area (Å²) >= 11 is 0. The minimum absolute atomic E-state index is 0.0874. The van der Waals surface area contributed by atoms with Crippen molar-refractivity contribution in [2.75, 3.05) is 36.9 Å². The van der Waals surface area contributed by atoms with Crippen molar-refractivity contribution in [1.29, 1.82) is 0 Å². The van der Waals surface area contributed by atoms with E-state index in [9.17, 15) is 4.79 Å². The van der Waals surface area contributed by atoms with Crippen LogP contribution in [0.1, 0.15) is 6.92 Å². The average Bonchev–Trinajstić information content (AvgIpc) is 2.76. The fourth-order valence-corrected chi connectivity index (χ4v) is 1.75. The molecule has 0 aromatic carbocycles. The fraction of sp³-hybridized carbons (Fsp3) is 0.667. The van der Waals surface area contributed by atoms with Gasteiger partial charge >= 0.3 is 0 Å². The van der Waals surface area contributed by atoms with E-state index in [1.54, 1.807) is 4.90 Å². The molecule has 1 aromatic heterocycles. The van der Waals surface area contributed by atoms with Gasteiger partial charge in [-0.1, -0.05) is 0 Å². The molecule has 1 fully saturated rings. The number of aromatic nitrogens is 3. The summed E-state index contributed by atoms with van der Waals surface area (Å²) in [4.78, 5) is 17.7. The lowest BCUT2D eigenvalue weighted by Gasteiger charge is -2.33. The van der Waals surface area contributed by atoms with Crippen LogP contribution in [0.15, 0.2) is 0 Å². The molecule has 1 aliphatic heterocycles. The van der Waals surface area contributed by atoms with Crippen LogP contribution in [0, 0.1) is 0 Å². The number of amides is 1. The molecule has 2 heterocycles. The maximum atomic E-state index is 11.9. The van der Waals surface area contributed by atoms with Gasteiger partial charge in [0.05, 0.1) is 13.2 Å². The highest BCUT2D eigenvalue weighted by molar-refractivity contribution is 5.85. The van der Waals surface area contributed by atoms with Crippen LogP contribution in [0.5, 0.6) is 0 Å². The molecule has 0 bridgehead atoms. The molecular formula is C9H16N6O2. The smallest absolute Gasteiger partial charge is 0.247 e. The van der Waals surface area contributed by atoms with Crippen LogP contribution in [0.4, 0.5) is 11.9 Å². The average molecular weight is 240 g/mol. The second kappa shape index (κ2) is 5.00. The lowest BCUT2D eigenvalue weighted by molar-refractivity contribution is -0.124. The van der Waals surface area contributed by atoms with Crippen molar-refractivity contribution in [3.05, 3.63) is 0 Å². The first kappa shape index (κ1) is 11.6. The number of ether oxygens (including phenoxy) is 1. The lowest BCUT2D eigenvalue weighted by atomic mass is 10.2. The summed E-state index contributed by atoms with van der Waals surface area (Å²) in [5.41, 5.74) is 5.48. The molecule has 94 valence electrons. The van der Waals surface area contributed by atoms with Crippen LogP contribution in [-0.2, 0) is 9.53 Å². The van der Waals surface area contributed by atoms with Crippen molar-refractivity contribution in [1.82, 2.24) is 20.5 Å². The molecule has 8 nitrogen and oxygen atoms in total. The van der Waals surface area contributed by atoms with Gasteiger partial charge in [0.1, 0.15) is 6.04 Å². The third-order valence-electron chi connectivity index (χ3n) is 2.53. The molecule has 1 unspecified atom stereocenters. The minimum Gasteiger partial charge on any atom is -0.377 e. The predicted molar refractivity (Wildman–Crippen MR) is 61.4 cm³/mol. The Kier molecular flexibility index (Phi) is 3.43. The van der Waals surface area contributed by atoms with Crippen LogP contribution in [0.3, 0.4) is 0 Å². The predicted octanol–water partition coefficient (Wildman–Crippen LogP) is -1.27. The molecule has 1 aromatic rings. The Hall–Kier alpha value is -1.83. The van der Waals surface area contributed by atoms with E-state index in [1.807, 2.05) is 6.92 Å². The van der Waals surface area contributed by atoms with Crippen molar-refractivity contribution in [2.24, 2.45) is 0 Å². The quantitative estimate of drug-likeness (QED) is 0.607. The number of nitrogens with one attached hydrogen (secondary N) is 2. The van der Waals surface area contributed by atoms with Crippen molar-refractivity contribution in [3.8, 4) is 0 Å². The number of anilines is 2. The molecule has 4 N–H and O–H groups in total. The van der Waals surface area contributed by atoms with E-state index in [1.165, 1.54) is 0 Å². The first-order chi connectivity index (χ1) is 8.22. The first-order valence-electron chi connectivity index (χ1n) is 5.52. The van der Waals surface area contributed by atoms with Crippen LogP contribution >= 0.6 is 0 Å². The number of nitrogens with two attached hydrogens (primary N) is 1. The first-order valence-corrected chi connectivity index (χ1v) is 5.52. The molecule has 0 spiro atoms. The third-order valence-corrected chi connectivity index (χ3v) is 2.53.